The number of hydrogen-bond donors (Lipinski definition) is 1. The van der Waals surface area contributed by atoms with Crippen LogP contribution in [-0.4, -0.2) is 24.5 Å². The van der Waals surface area contributed by atoms with E-state index in [0.717, 1.165) is 28.9 Å². The first-order chi connectivity index (χ1) is 16.0. The SMILES string of the molecule is Cc1ccnc(-n2c(C)cc([C@H]3[C@H](c4ccccn4)NC(=S)N3Cc3ccccc3)c2C)c1. The molecule has 0 radical (unpaired) electrons. The number of aromatic nitrogens is 3. The summed E-state index contributed by atoms with van der Waals surface area (Å²) in [5.41, 5.74) is 6.95. The van der Waals surface area contributed by atoms with E-state index in [4.69, 9.17) is 12.2 Å². The first kappa shape index (κ1) is 21.3. The minimum absolute atomic E-state index is 0.0114. The molecule has 0 bridgehead atoms. The maximum Gasteiger partial charge on any atom is 0.170 e. The van der Waals surface area contributed by atoms with Crippen molar-refractivity contribution in [1.29, 1.82) is 0 Å². The minimum Gasteiger partial charge on any atom is -0.352 e. The van der Waals surface area contributed by atoms with Crippen LogP contribution in [0.4, 0.5) is 0 Å². The third kappa shape index (κ3) is 4.02. The van der Waals surface area contributed by atoms with Crippen molar-refractivity contribution in [3.63, 3.8) is 0 Å². The number of benzene rings is 1. The zero-order chi connectivity index (χ0) is 22.9. The monoisotopic (exact) mass is 453 g/mol. The maximum absolute atomic E-state index is 5.86. The van der Waals surface area contributed by atoms with Gasteiger partial charge in [-0.2, -0.15) is 0 Å². The zero-order valence-electron chi connectivity index (χ0n) is 19.1. The molecule has 2 atom stereocenters. The van der Waals surface area contributed by atoms with Crippen LogP contribution in [0.1, 0.15) is 45.9 Å². The van der Waals surface area contributed by atoms with Crippen molar-refractivity contribution < 1.29 is 0 Å². The molecule has 4 heterocycles. The van der Waals surface area contributed by atoms with E-state index in [2.05, 4.69) is 88.0 Å². The van der Waals surface area contributed by atoms with Gasteiger partial charge in [-0.25, -0.2) is 4.98 Å². The van der Waals surface area contributed by atoms with Crippen LogP contribution in [0.15, 0.2) is 79.1 Å². The molecule has 6 heteroatoms. The van der Waals surface area contributed by atoms with Gasteiger partial charge in [-0.3, -0.25) is 4.98 Å². The Labute approximate surface area is 200 Å². The minimum atomic E-state index is -0.0400. The van der Waals surface area contributed by atoms with Gasteiger partial charge in [0.15, 0.2) is 5.11 Å². The van der Waals surface area contributed by atoms with Gasteiger partial charge in [-0.15, -0.1) is 0 Å². The fourth-order valence-corrected chi connectivity index (χ4v) is 5.08. The Bertz CT molecular complexity index is 1280. The van der Waals surface area contributed by atoms with Crippen molar-refractivity contribution in [3.8, 4) is 5.82 Å². The summed E-state index contributed by atoms with van der Waals surface area (Å²) < 4.78 is 2.24. The van der Waals surface area contributed by atoms with Gasteiger partial charge in [0.25, 0.3) is 0 Å². The summed E-state index contributed by atoms with van der Waals surface area (Å²) in [7, 11) is 0. The summed E-state index contributed by atoms with van der Waals surface area (Å²) in [5.74, 6) is 0.939. The fraction of sp³-hybridized carbons (Fsp3) is 0.222. The van der Waals surface area contributed by atoms with E-state index < -0.39 is 0 Å². The third-order valence-corrected chi connectivity index (χ3v) is 6.66. The molecule has 5 nitrogen and oxygen atoms in total. The lowest BCUT2D eigenvalue weighted by Gasteiger charge is -2.28. The molecule has 1 saturated heterocycles. The molecule has 1 N–H and O–H groups in total. The normalized spacial score (nSPS) is 17.9. The van der Waals surface area contributed by atoms with Gasteiger partial charge in [0.05, 0.1) is 17.8 Å². The van der Waals surface area contributed by atoms with Crippen LogP contribution in [-0.2, 0) is 6.54 Å². The van der Waals surface area contributed by atoms with Crippen molar-refractivity contribution in [1.82, 2.24) is 24.8 Å². The number of nitrogens with one attached hydrogen (secondary N) is 1. The van der Waals surface area contributed by atoms with Gasteiger partial charge in [-0.05, 0) is 80.0 Å². The van der Waals surface area contributed by atoms with E-state index in [0.29, 0.717) is 0 Å². The Balaban J connectivity index is 1.62. The third-order valence-electron chi connectivity index (χ3n) is 6.31. The lowest BCUT2D eigenvalue weighted by Crippen LogP contribution is -2.29. The molecule has 1 aliphatic rings. The second kappa shape index (κ2) is 8.79. The summed E-state index contributed by atoms with van der Waals surface area (Å²) in [6.07, 6.45) is 3.71. The second-order valence-electron chi connectivity index (χ2n) is 8.59. The molecular weight excluding hydrogens is 426 g/mol. The molecule has 0 unspecified atom stereocenters. The Morgan fingerprint density at radius 2 is 1.70 bits per heavy atom. The van der Waals surface area contributed by atoms with E-state index >= 15 is 0 Å². The van der Waals surface area contributed by atoms with Crippen LogP contribution in [0.3, 0.4) is 0 Å². The van der Waals surface area contributed by atoms with Crippen LogP contribution in [0.5, 0.6) is 0 Å². The quantitative estimate of drug-likeness (QED) is 0.412. The summed E-state index contributed by atoms with van der Waals surface area (Å²) in [6, 6.07) is 22.9. The highest BCUT2D eigenvalue weighted by atomic mass is 32.1. The first-order valence-corrected chi connectivity index (χ1v) is 11.6. The molecule has 4 aromatic rings. The second-order valence-corrected chi connectivity index (χ2v) is 8.98. The van der Waals surface area contributed by atoms with Gasteiger partial charge in [0, 0.05) is 30.3 Å². The van der Waals surface area contributed by atoms with E-state index in [-0.39, 0.29) is 12.1 Å². The molecule has 5 rings (SSSR count). The Kier molecular flexibility index (Phi) is 5.68. The van der Waals surface area contributed by atoms with Crippen LogP contribution < -0.4 is 5.32 Å². The molecule has 0 amide bonds. The van der Waals surface area contributed by atoms with Crippen molar-refractivity contribution in [2.75, 3.05) is 0 Å². The molecule has 0 saturated carbocycles. The van der Waals surface area contributed by atoms with Crippen molar-refractivity contribution in [2.45, 2.75) is 39.4 Å². The van der Waals surface area contributed by atoms with Crippen LogP contribution in [0.2, 0.25) is 0 Å². The number of nitrogens with zero attached hydrogens (tertiary/aromatic N) is 4. The Morgan fingerprint density at radius 1 is 0.909 bits per heavy atom. The summed E-state index contributed by atoms with van der Waals surface area (Å²) in [6.45, 7) is 7.13. The number of rotatable bonds is 5. The van der Waals surface area contributed by atoms with Crippen LogP contribution in [0.25, 0.3) is 5.82 Å². The predicted octanol–water partition coefficient (Wildman–Crippen LogP) is 5.37. The summed E-state index contributed by atoms with van der Waals surface area (Å²) in [5, 5.41) is 4.31. The smallest absolute Gasteiger partial charge is 0.170 e. The van der Waals surface area contributed by atoms with Crippen molar-refractivity contribution in [2.24, 2.45) is 0 Å². The van der Waals surface area contributed by atoms with Gasteiger partial charge < -0.3 is 14.8 Å². The summed E-state index contributed by atoms with van der Waals surface area (Å²) >= 11 is 5.86. The molecule has 1 fully saturated rings. The molecular formula is C27H27N5S. The van der Waals surface area contributed by atoms with Crippen LogP contribution >= 0.6 is 12.2 Å². The van der Waals surface area contributed by atoms with E-state index in [9.17, 15) is 0 Å². The zero-order valence-corrected chi connectivity index (χ0v) is 19.9. The Hall–Kier alpha value is -3.51. The molecule has 1 aromatic carbocycles. The standard InChI is InChI=1S/C27H27N5S/c1-18-12-14-29-24(15-18)32-19(2)16-22(20(32)3)26-25(23-11-7-8-13-28-23)30-27(33)31(26)17-21-9-5-4-6-10-21/h4-16,25-26H,17H2,1-3H3,(H,30,33)/t25-,26-/m0/s1. The van der Waals surface area contributed by atoms with E-state index in [1.54, 1.807) is 0 Å². The molecule has 0 aliphatic carbocycles. The highest BCUT2D eigenvalue weighted by Gasteiger charge is 2.41. The largest absolute Gasteiger partial charge is 0.352 e. The maximum atomic E-state index is 5.86. The van der Waals surface area contributed by atoms with Gasteiger partial charge >= 0.3 is 0 Å². The Morgan fingerprint density at radius 3 is 2.42 bits per heavy atom. The van der Waals surface area contributed by atoms with Crippen molar-refractivity contribution in [3.05, 3.63) is 113 Å². The average molecular weight is 454 g/mol. The summed E-state index contributed by atoms with van der Waals surface area (Å²) in [4.78, 5) is 11.6. The predicted molar refractivity (Wildman–Crippen MR) is 135 cm³/mol. The van der Waals surface area contributed by atoms with Gasteiger partial charge in [0.2, 0.25) is 0 Å². The molecule has 33 heavy (non-hydrogen) atoms. The fourth-order valence-electron chi connectivity index (χ4n) is 4.78. The highest BCUT2D eigenvalue weighted by molar-refractivity contribution is 7.80. The number of pyridine rings is 2. The average Bonchev–Trinajstić information content (AvgIpc) is 3.30. The highest BCUT2D eigenvalue weighted by Crippen LogP contribution is 2.42. The van der Waals surface area contributed by atoms with Gasteiger partial charge in [0.1, 0.15) is 5.82 Å². The molecule has 0 spiro atoms. The van der Waals surface area contributed by atoms with Crippen LogP contribution in [0, 0.1) is 20.8 Å². The lowest BCUT2D eigenvalue weighted by molar-refractivity contribution is 0.310. The lowest BCUT2D eigenvalue weighted by atomic mass is 9.96. The van der Waals surface area contributed by atoms with Gasteiger partial charge in [-0.1, -0.05) is 36.4 Å². The number of aryl methyl sites for hydroxylation is 2. The van der Waals surface area contributed by atoms with Crippen molar-refractivity contribution >= 4 is 17.3 Å². The number of thiocarbonyl (C=S) groups is 1. The first-order valence-electron chi connectivity index (χ1n) is 11.2. The topological polar surface area (TPSA) is 46.0 Å². The molecule has 1 aliphatic heterocycles. The number of hydrogen-bond acceptors (Lipinski definition) is 3. The van der Waals surface area contributed by atoms with E-state index in [1.165, 1.54) is 22.4 Å². The molecule has 3 aromatic heterocycles. The van der Waals surface area contributed by atoms with E-state index in [1.807, 2.05) is 36.7 Å². The molecule has 166 valence electrons.